The molecule has 0 aliphatic rings. The Balaban J connectivity index is 2.41. The number of rotatable bonds is 5. The molecule has 0 heterocycles. The van der Waals surface area contributed by atoms with Crippen LogP contribution in [-0.2, 0) is 14.3 Å². The van der Waals surface area contributed by atoms with Crippen LogP contribution in [0.1, 0.15) is 17.5 Å². The van der Waals surface area contributed by atoms with Gasteiger partial charge in [0.05, 0.1) is 25.2 Å². The van der Waals surface area contributed by atoms with Crippen molar-refractivity contribution in [3.8, 4) is 6.07 Å². The van der Waals surface area contributed by atoms with Crippen molar-refractivity contribution in [2.24, 2.45) is 0 Å². The quantitative estimate of drug-likeness (QED) is 0.636. The second kappa shape index (κ2) is 7.67. The number of nitriles is 1. The molecule has 0 bridgehead atoms. The molecule has 0 aliphatic heterocycles. The average molecular weight is 258 g/mol. The molecule has 1 aromatic rings. The van der Waals surface area contributed by atoms with Gasteiger partial charge in [-0.05, 0) is 23.8 Å². The van der Waals surface area contributed by atoms with E-state index >= 15 is 0 Å². The molecule has 0 radical (unpaired) electrons. The molecule has 19 heavy (non-hydrogen) atoms. The number of hydrogen-bond acceptors (Lipinski definition) is 4. The number of carbonyl (C=O) groups is 2. The first-order valence-corrected chi connectivity index (χ1v) is 5.68. The van der Waals surface area contributed by atoms with E-state index in [1.54, 1.807) is 30.3 Å². The number of nitrogens with one attached hydrogen (secondary N) is 1. The van der Waals surface area contributed by atoms with E-state index in [0.29, 0.717) is 5.56 Å². The minimum atomic E-state index is -0.364. The highest BCUT2D eigenvalue weighted by atomic mass is 16.5. The smallest absolute Gasteiger partial charge is 0.307 e. The molecule has 0 unspecified atom stereocenters. The van der Waals surface area contributed by atoms with Gasteiger partial charge in [0.15, 0.2) is 0 Å². The maximum atomic E-state index is 11.4. The van der Waals surface area contributed by atoms with Crippen molar-refractivity contribution in [1.82, 2.24) is 5.32 Å². The third-order valence-corrected chi connectivity index (χ3v) is 2.32. The Labute approximate surface area is 111 Å². The topological polar surface area (TPSA) is 79.2 Å². The van der Waals surface area contributed by atoms with Crippen LogP contribution in [0.5, 0.6) is 0 Å². The summed E-state index contributed by atoms with van der Waals surface area (Å²) in [7, 11) is 1.30. The summed E-state index contributed by atoms with van der Waals surface area (Å²) >= 11 is 0. The van der Waals surface area contributed by atoms with Crippen molar-refractivity contribution in [1.29, 1.82) is 5.26 Å². The second-order valence-corrected chi connectivity index (χ2v) is 3.68. The summed E-state index contributed by atoms with van der Waals surface area (Å²) in [4.78, 5) is 22.2. The van der Waals surface area contributed by atoms with Crippen LogP contribution in [0.4, 0.5) is 0 Å². The van der Waals surface area contributed by atoms with Gasteiger partial charge in [-0.25, -0.2) is 0 Å². The number of ether oxygens (including phenoxy) is 1. The Bertz CT molecular complexity index is 512. The fourth-order valence-corrected chi connectivity index (χ4v) is 1.29. The first-order valence-electron chi connectivity index (χ1n) is 5.68. The number of amides is 1. The molecule has 0 atom stereocenters. The van der Waals surface area contributed by atoms with Crippen molar-refractivity contribution in [2.45, 2.75) is 6.42 Å². The minimum absolute atomic E-state index is 0.146. The standard InChI is InChI=1S/C14H14N2O3/c1-19-14(18)8-9-16-13(17)7-6-11-2-4-12(10-15)5-3-11/h2-7H,8-9H2,1H3,(H,16,17). The lowest BCUT2D eigenvalue weighted by molar-refractivity contribution is -0.140. The number of methoxy groups -OCH3 is 1. The number of carbonyl (C=O) groups excluding carboxylic acids is 2. The Hall–Kier alpha value is -2.61. The molecule has 0 fully saturated rings. The van der Waals surface area contributed by atoms with E-state index in [9.17, 15) is 9.59 Å². The molecule has 1 aromatic carbocycles. The van der Waals surface area contributed by atoms with Crippen LogP contribution in [-0.4, -0.2) is 25.5 Å². The molecule has 1 N–H and O–H groups in total. The summed E-state index contributed by atoms with van der Waals surface area (Å²) in [5.74, 6) is -0.648. The van der Waals surface area contributed by atoms with Gasteiger partial charge in [0.25, 0.3) is 0 Å². The van der Waals surface area contributed by atoms with Gasteiger partial charge in [0.1, 0.15) is 0 Å². The SMILES string of the molecule is COC(=O)CCNC(=O)C=Cc1ccc(C#N)cc1. The number of esters is 1. The van der Waals surface area contributed by atoms with Gasteiger partial charge in [-0.15, -0.1) is 0 Å². The summed E-state index contributed by atoms with van der Waals surface area (Å²) in [6, 6.07) is 8.86. The maximum Gasteiger partial charge on any atom is 0.307 e. The van der Waals surface area contributed by atoms with Gasteiger partial charge in [0, 0.05) is 12.6 Å². The molecule has 98 valence electrons. The van der Waals surface area contributed by atoms with Crippen molar-refractivity contribution < 1.29 is 14.3 Å². The minimum Gasteiger partial charge on any atom is -0.469 e. The third kappa shape index (κ3) is 5.50. The number of hydrogen-bond donors (Lipinski definition) is 1. The highest BCUT2D eigenvalue weighted by Gasteiger charge is 2.00. The van der Waals surface area contributed by atoms with Crippen LogP contribution in [0.2, 0.25) is 0 Å². The first kappa shape index (κ1) is 14.5. The monoisotopic (exact) mass is 258 g/mol. The Morgan fingerprint density at radius 1 is 1.37 bits per heavy atom. The average Bonchev–Trinajstić information content (AvgIpc) is 2.45. The van der Waals surface area contributed by atoms with E-state index in [-0.39, 0.29) is 24.8 Å². The fourth-order valence-electron chi connectivity index (χ4n) is 1.29. The summed E-state index contributed by atoms with van der Waals surface area (Å²) in [5, 5.41) is 11.2. The molecule has 0 aromatic heterocycles. The molecule has 0 saturated heterocycles. The zero-order valence-electron chi connectivity index (χ0n) is 10.6. The van der Waals surface area contributed by atoms with Crippen LogP contribution in [0.25, 0.3) is 6.08 Å². The van der Waals surface area contributed by atoms with Crippen LogP contribution >= 0.6 is 0 Å². The molecule has 5 nitrogen and oxygen atoms in total. The first-order chi connectivity index (χ1) is 9.15. The number of nitrogens with zero attached hydrogens (tertiary/aromatic N) is 1. The summed E-state index contributed by atoms with van der Waals surface area (Å²) in [5.41, 5.74) is 1.39. The van der Waals surface area contributed by atoms with Crippen LogP contribution in [0.15, 0.2) is 30.3 Å². The van der Waals surface area contributed by atoms with E-state index in [2.05, 4.69) is 10.1 Å². The Morgan fingerprint density at radius 2 is 2.05 bits per heavy atom. The van der Waals surface area contributed by atoms with E-state index in [0.717, 1.165) is 5.56 Å². The highest BCUT2D eigenvalue weighted by Crippen LogP contribution is 2.04. The molecule has 0 spiro atoms. The van der Waals surface area contributed by atoms with Gasteiger partial charge in [-0.3, -0.25) is 9.59 Å². The predicted molar refractivity (Wildman–Crippen MR) is 69.8 cm³/mol. The van der Waals surface area contributed by atoms with Crippen molar-refractivity contribution >= 4 is 18.0 Å². The van der Waals surface area contributed by atoms with Gasteiger partial charge >= 0.3 is 5.97 Å². The van der Waals surface area contributed by atoms with Crippen molar-refractivity contribution in [3.05, 3.63) is 41.5 Å². The van der Waals surface area contributed by atoms with Gasteiger partial charge < -0.3 is 10.1 Å². The van der Waals surface area contributed by atoms with Gasteiger partial charge in [0.2, 0.25) is 5.91 Å². The van der Waals surface area contributed by atoms with Crippen LogP contribution < -0.4 is 5.32 Å². The zero-order valence-corrected chi connectivity index (χ0v) is 10.6. The largest absolute Gasteiger partial charge is 0.469 e. The summed E-state index contributed by atoms with van der Waals surface area (Å²) < 4.78 is 4.45. The number of benzene rings is 1. The molecule has 5 heteroatoms. The van der Waals surface area contributed by atoms with Gasteiger partial charge in [-0.2, -0.15) is 5.26 Å². The fraction of sp³-hybridized carbons (Fsp3) is 0.214. The Kier molecular flexibility index (Phi) is 5.83. The molecule has 0 aliphatic carbocycles. The van der Waals surface area contributed by atoms with Crippen LogP contribution in [0.3, 0.4) is 0 Å². The second-order valence-electron chi connectivity index (χ2n) is 3.68. The normalized spacial score (nSPS) is 9.89. The van der Waals surface area contributed by atoms with E-state index < -0.39 is 0 Å². The zero-order chi connectivity index (χ0) is 14.1. The Morgan fingerprint density at radius 3 is 2.63 bits per heavy atom. The molecular weight excluding hydrogens is 244 g/mol. The summed E-state index contributed by atoms with van der Waals surface area (Å²) in [6.07, 6.45) is 3.15. The van der Waals surface area contributed by atoms with E-state index in [4.69, 9.17) is 5.26 Å². The molecule has 0 saturated carbocycles. The molecular formula is C14H14N2O3. The summed E-state index contributed by atoms with van der Waals surface area (Å²) in [6.45, 7) is 0.239. The maximum absolute atomic E-state index is 11.4. The lowest BCUT2D eigenvalue weighted by Gasteiger charge is -2.00. The van der Waals surface area contributed by atoms with Crippen molar-refractivity contribution in [2.75, 3.05) is 13.7 Å². The van der Waals surface area contributed by atoms with Gasteiger partial charge in [-0.1, -0.05) is 12.1 Å². The predicted octanol–water partition coefficient (Wildman–Crippen LogP) is 1.25. The lowest BCUT2D eigenvalue weighted by Crippen LogP contribution is -2.24. The van der Waals surface area contributed by atoms with Crippen molar-refractivity contribution in [3.63, 3.8) is 0 Å². The van der Waals surface area contributed by atoms with E-state index in [1.165, 1.54) is 13.2 Å². The molecule has 1 amide bonds. The molecule has 1 rings (SSSR count). The van der Waals surface area contributed by atoms with Crippen LogP contribution in [0, 0.1) is 11.3 Å². The third-order valence-electron chi connectivity index (χ3n) is 2.32. The highest BCUT2D eigenvalue weighted by molar-refractivity contribution is 5.91. The lowest BCUT2D eigenvalue weighted by atomic mass is 10.1. The van der Waals surface area contributed by atoms with E-state index in [1.807, 2.05) is 6.07 Å².